The van der Waals surface area contributed by atoms with Gasteiger partial charge in [-0.15, -0.1) is 0 Å². The summed E-state index contributed by atoms with van der Waals surface area (Å²) in [4.78, 5) is 4.00. The van der Waals surface area contributed by atoms with E-state index in [0.29, 0.717) is 5.69 Å². The molecule has 2 heterocycles. The van der Waals surface area contributed by atoms with Crippen molar-refractivity contribution in [3.8, 4) is 6.07 Å². The van der Waals surface area contributed by atoms with Gasteiger partial charge in [0.15, 0.2) is 0 Å². The molecular formula is C17H16N4. The Morgan fingerprint density at radius 2 is 2.10 bits per heavy atom. The smallest absolute Gasteiger partial charge is 0.140 e. The van der Waals surface area contributed by atoms with Gasteiger partial charge < -0.3 is 9.88 Å². The first-order chi connectivity index (χ1) is 10.3. The predicted octanol–water partition coefficient (Wildman–Crippen LogP) is 2.68. The van der Waals surface area contributed by atoms with E-state index >= 15 is 0 Å². The standard InChI is InChI=1S/C17H16N4/c1-19-11-13-2-3-17-15(8-13)5-7-21(17)12-14-4-6-20-16(9-14)10-18/h2-9,19H,11-12H2,1H3. The van der Waals surface area contributed by atoms with Gasteiger partial charge in [-0.05, 0) is 53.9 Å². The van der Waals surface area contributed by atoms with Crippen LogP contribution in [-0.4, -0.2) is 16.6 Å². The zero-order valence-corrected chi connectivity index (χ0v) is 11.9. The number of aromatic nitrogens is 2. The summed E-state index contributed by atoms with van der Waals surface area (Å²) in [7, 11) is 1.95. The minimum atomic E-state index is 0.459. The van der Waals surface area contributed by atoms with E-state index in [2.05, 4.69) is 51.4 Å². The van der Waals surface area contributed by atoms with Crippen LogP contribution >= 0.6 is 0 Å². The van der Waals surface area contributed by atoms with Gasteiger partial charge in [-0.3, -0.25) is 0 Å². The maximum Gasteiger partial charge on any atom is 0.140 e. The summed E-state index contributed by atoms with van der Waals surface area (Å²) in [5.74, 6) is 0. The SMILES string of the molecule is CNCc1ccc2c(ccn2Cc2ccnc(C#N)c2)c1. The van der Waals surface area contributed by atoms with Crippen LogP contribution in [-0.2, 0) is 13.1 Å². The van der Waals surface area contributed by atoms with Crippen molar-refractivity contribution in [2.24, 2.45) is 0 Å². The molecule has 0 bridgehead atoms. The third-order valence-electron chi connectivity index (χ3n) is 3.51. The summed E-state index contributed by atoms with van der Waals surface area (Å²) in [6.45, 7) is 1.61. The first-order valence-electron chi connectivity index (χ1n) is 6.87. The van der Waals surface area contributed by atoms with Gasteiger partial charge in [0.25, 0.3) is 0 Å². The first-order valence-corrected chi connectivity index (χ1v) is 6.87. The lowest BCUT2D eigenvalue weighted by molar-refractivity contribution is 0.817. The zero-order chi connectivity index (χ0) is 14.7. The number of benzene rings is 1. The Balaban J connectivity index is 1.92. The number of nitrogens with zero attached hydrogens (tertiary/aromatic N) is 3. The van der Waals surface area contributed by atoms with Crippen LogP contribution in [0, 0.1) is 11.3 Å². The van der Waals surface area contributed by atoms with Crippen LogP contribution in [0.2, 0.25) is 0 Å². The summed E-state index contributed by atoms with van der Waals surface area (Å²) in [6.07, 6.45) is 3.77. The van der Waals surface area contributed by atoms with Crippen LogP contribution < -0.4 is 5.32 Å². The highest BCUT2D eigenvalue weighted by Crippen LogP contribution is 2.19. The van der Waals surface area contributed by atoms with Crippen molar-refractivity contribution in [2.75, 3.05) is 7.05 Å². The second-order valence-corrected chi connectivity index (χ2v) is 5.03. The molecule has 0 unspecified atom stereocenters. The summed E-state index contributed by atoms with van der Waals surface area (Å²) >= 11 is 0. The average Bonchev–Trinajstić information content (AvgIpc) is 2.90. The summed E-state index contributed by atoms with van der Waals surface area (Å²) in [5.41, 5.74) is 4.02. The molecule has 4 heteroatoms. The van der Waals surface area contributed by atoms with Crippen LogP contribution in [0.4, 0.5) is 0 Å². The molecule has 0 saturated heterocycles. The summed E-state index contributed by atoms with van der Waals surface area (Å²) < 4.78 is 2.19. The van der Waals surface area contributed by atoms with Gasteiger partial charge in [-0.25, -0.2) is 4.98 Å². The van der Waals surface area contributed by atoms with Gasteiger partial charge in [0, 0.05) is 31.0 Å². The summed E-state index contributed by atoms with van der Waals surface area (Å²) in [5, 5.41) is 13.3. The number of pyridine rings is 1. The first kappa shape index (κ1) is 13.3. The monoisotopic (exact) mass is 276 g/mol. The normalized spacial score (nSPS) is 10.7. The van der Waals surface area contributed by atoms with Crippen LogP contribution in [0.1, 0.15) is 16.8 Å². The molecule has 104 valence electrons. The van der Waals surface area contributed by atoms with Gasteiger partial charge in [0.2, 0.25) is 0 Å². The van der Waals surface area contributed by atoms with Gasteiger partial charge >= 0.3 is 0 Å². The van der Waals surface area contributed by atoms with Gasteiger partial charge in [-0.1, -0.05) is 6.07 Å². The van der Waals surface area contributed by atoms with Crippen molar-refractivity contribution < 1.29 is 0 Å². The second kappa shape index (κ2) is 5.78. The highest BCUT2D eigenvalue weighted by molar-refractivity contribution is 5.81. The molecule has 0 spiro atoms. The van der Waals surface area contributed by atoms with Gasteiger partial charge in [0.1, 0.15) is 11.8 Å². The van der Waals surface area contributed by atoms with E-state index in [9.17, 15) is 0 Å². The molecule has 0 aliphatic heterocycles. The van der Waals surface area contributed by atoms with E-state index in [-0.39, 0.29) is 0 Å². The summed E-state index contributed by atoms with van der Waals surface area (Å²) in [6, 6.07) is 14.5. The molecule has 0 radical (unpaired) electrons. The van der Waals surface area contributed by atoms with Crippen molar-refractivity contribution in [2.45, 2.75) is 13.1 Å². The van der Waals surface area contributed by atoms with Crippen molar-refractivity contribution >= 4 is 10.9 Å². The maximum absolute atomic E-state index is 8.92. The molecule has 0 atom stereocenters. The van der Waals surface area contributed by atoms with Crippen molar-refractivity contribution in [1.82, 2.24) is 14.9 Å². The topological polar surface area (TPSA) is 53.6 Å². The fourth-order valence-electron chi connectivity index (χ4n) is 2.53. The van der Waals surface area contributed by atoms with Crippen LogP contribution in [0.15, 0.2) is 48.8 Å². The number of fused-ring (bicyclic) bond motifs is 1. The zero-order valence-electron chi connectivity index (χ0n) is 11.9. The highest BCUT2D eigenvalue weighted by Gasteiger charge is 2.04. The Labute approximate surface area is 123 Å². The van der Waals surface area contributed by atoms with E-state index in [1.165, 1.54) is 16.5 Å². The van der Waals surface area contributed by atoms with E-state index in [1.807, 2.05) is 19.2 Å². The molecule has 1 aromatic carbocycles. The van der Waals surface area contributed by atoms with Crippen LogP contribution in [0.3, 0.4) is 0 Å². The lowest BCUT2D eigenvalue weighted by atomic mass is 10.1. The molecule has 3 rings (SSSR count). The van der Waals surface area contributed by atoms with Crippen molar-refractivity contribution in [1.29, 1.82) is 5.26 Å². The Morgan fingerprint density at radius 1 is 1.19 bits per heavy atom. The molecule has 0 aliphatic rings. The van der Waals surface area contributed by atoms with Gasteiger partial charge in [0.05, 0.1) is 0 Å². The number of rotatable bonds is 4. The third kappa shape index (κ3) is 2.78. The molecule has 21 heavy (non-hydrogen) atoms. The Bertz CT molecular complexity index is 811. The fourth-order valence-corrected chi connectivity index (χ4v) is 2.53. The van der Waals surface area contributed by atoms with E-state index in [4.69, 9.17) is 5.26 Å². The Hall–Kier alpha value is -2.64. The minimum Gasteiger partial charge on any atom is -0.343 e. The highest BCUT2D eigenvalue weighted by atomic mass is 14.9. The largest absolute Gasteiger partial charge is 0.343 e. The van der Waals surface area contributed by atoms with Crippen LogP contribution in [0.25, 0.3) is 10.9 Å². The molecule has 0 aliphatic carbocycles. The molecule has 0 amide bonds. The van der Waals surface area contributed by atoms with E-state index < -0.39 is 0 Å². The molecule has 0 fully saturated rings. The molecule has 1 N–H and O–H groups in total. The van der Waals surface area contributed by atoms with Crippen molar-refractivity contribution in [3.05, 3.63) is 65.6 Å². The fraction of sp³-hybridized carbons (Fsp3) is 0.176. The molecule has 0 saturated carbocycles. The number of hydrogen-bond donors (Lipinski definition) is 1. The van der Waals surface area contributed by atoms with E-state index in [0.717, 1.165) is 18.7 Å². The predicted molar refractivity (Wildman–Crippen MR) is 82.8 cm³/mol. The Kier molecular flexibility index (Phi) is 3.67. The van der Waals surface area contributed by atoms with E-state index in [1.54, 1.807) is 6.20 Å². The average molecular weight is 276 g/mol. The Morgan fingerprint density at radius 3 is 2.90 bits per heavy atom. The van der Waals surface area contributed by atoms with Gasteiger partial charge in [-0.2, -0.15) is 5.26 Å². The second-order valence-electron chi connectivity index (χ2n) is 5.03. The number of nitriles is 1. The molecular weight excluding hydrogens is 260 g/mol. The number of nitrogens with one attached hydrogen (secondary N) is 1. The lowest BCUT2D eigenvalue weighted by Crippen LogP contribution is -2.04. The third-order valence-corrected chi connectivity index (χ3v) is 3.51. The lowest BCUT2D eigenvalue weighted by Gasteiger charge is -2.07. The van der Waals surface area contributed by atoms with Crippen molar-refractivity contribution in [3.63, 3.8) is 0 Å². The molecule has 2 aromatic heterocycles. The van der Waals surface area contributed by atoms with Crippen LogP contribution in [0.5, 0.6) is 0 Å². The quantitative estimate of drug-likeness (QED) is 0.797. The molecule has 3 aromatic rings. The minimum absolute atomic E-state index is 0.459. The number of hydrogen-bond acceptors (Lipinski definition) is 3. The maximum atomic E-state index is 8.92. The molecule has 4 nitrogen and oxygen atoms in total.